The van der Waals surface area contributed by atoms with E-state index >= 15 is 0 Å². The lowest BCUT2D eigenvalue weighted by molar-refractivity contribution is -0.116. The molecule has 4 rings (SSSR count). The minimum Gasteiger partial charge on any atom is -0.497 e. The first-order chi connectivity index (χ1) is 13.5. The van der Waals surface area contributed by atoms with E-state index in [0.717, 1.165) is 18.2 Å². The fraction of sp³-hybridized carbons (Fsp3) is 0.200. The third-order valence-corrected chi connectivity index (χ3v) is 4.75. The number of anilines is 1. The molecule has 1 aliphatic heterocycles. The van der Waals surface area contributed by atoms with Gasteiger partial charge in [0.15, 0.2) is 0 Å². The van der Waals surface area contributed by atoms with Gasteiger partial charge in [0.25, 0.3) is 0 Å². The normalized spacial score (nSPS) is 15.7. The third-order valence-electron chi connectivity index (χ3n) is 4.75. The highest BCUT2D eigenvalue weighted by Gasteiger charge is 2.33. The summed E-state index contributed by atoms with van der Waals surface area (Å²) in [5.41, 5.74) is 1.14. The molecule has 0 bridgehead atoms. The number of imidazole rings is 1. The lowest BCUT2D eigenvalue weighted by Crippen LogP contribution is -2.25. The van der Waals surface area contributed by atoms with Crippen LogP contribution < -0.4 is 14.8 Å². The summed E-state index contributed by atoms with van der Waals surface area (Å²) in [7, 11) is 3.07. The average molecular weight is 385 g/mol. The number of nitrogens with one attached hydrogen (secondary N) is 1. The second-order valence-electron chi connectivity index (χ2n) is 6.36. The van der Waals surface area contributed by atoms with Gasteiger partial charge in [-0.3, -0.25) is 9.36 Å². The highest BCUT2D eigenvalue weighted by Crippen LogP contribution is 2.40. The molecule has 1 amide bonds. The van der Waals surface area contributed by atoms with Gasteiger partial charge in [0.1, 0.15) is 35.3 Å². The van der Waals surface area contributed by atoms with E-state index in [1.54, 1.807) is 29.9 Å². The molecule has 1 N–H and O–H groups in total. The molecule has 2 aromatic carbocycles. The van der Waals surface area contributed by atoms with Crippen LogP contribution in [0.15, 0.2) is 42.7 Å². The lowest BCUT2D eigenvalue weighted by Gasteiger charge is -2.24. The van der Waals surface area contributed by atoms with Crippen molar-refractivity contribution in [3.63, 3.8) is 0 Å². The maximum atomic E-state index is 14.4. The Kier molecular flexibility index (Phi) is 4.46. The molecular formula is C20H17F2N3O3. The van der Waals surface area contributed by atoms with Crippen LogP contribution in [0.3, 0.4) is 0 Å². The van der Waals surface area contributed by atoms with Crippen molar-refractivity contribution in [2.75, 3.05) is 19.5 Å². The first-order valence-electron chi connectivity index (χ1n) is 8.56. The van der Waals surface area contributed by atoms with Gasteiger partial charge in [-0.05, 0) is 30.3 Å². The summed E-state index contributed by atoms with van der Waals surface area (Å²) in [6.07, 6.45) is 1.48. The molecule has 2 heterocycles. The van der Waals surface area contributed by atoms with Crippen molar-refractivity contribution in [1.29, 1.82) is 0 Å². The number of nitrogens with zero attached hydrogens (tertiary/aromatic N) is 2. The van der Waals surface area contributed by atoms with Crippen LogP contribution in [0, 0.1) is 11.6 Å². The molecule has 6 nitrogen and oxygen atoms in total. The minimum absolute atomic E-state index is 0.0281. The minimum atomic E-state index is -0.697. The van der Waals surface area contributed by atoms with Crippen molar-refractivity contribution in [2.45, 2.75) is 12.3 Å². The molecule has 0 saturated carbocycles. The van der Waals surface area contributed by atoms with Gasteiger partial charge in [-0.2, -0.15) is 0 Å². The molecule has 0 unspecified atom stereocenters. The van der Waals surface area contributed by atoms with Crippen LogP contribution in [0.4, 0.5) is 14.6 Å². The number of rotatable bonds is 4. The smallest absolute Gasteiger partial charge is 0.226 e. The van der Waals surface area contributed by atoms with Crippen molar-refractivity contribution in [2.24, 2.45) is 0 Å². The Balaban J connectivity index is 1.87. The summed E-state index contributed by atoms with van der Waals surface area (Å²) in [5, 5.41) is 2.78. The zero-order chi connectivity index (χ0) is 19.8. The number of ether oxygens (including phenoxy) is 2. The van der Waals surface area contributed by atoms with Crippen LogP contribution in [0.5, 0.6) is 11.5 Å². The van der Waals surface area contributed by atoms with Crippen molar-refractivity contribution < 1.29 is 23.0 Å². The molecule has 1 aromatic heterocycles. The number of amides is 1. The highest BCUT2D eigenvalue weighted by molar-refractivity contribution is 5.94. The Hall–Kier alpha value is -3.42. The van der Waals surface area contributed by atoms with Crippen molar-refractivity contribution >= 4 is 11.7 Å². The van der Waals surface area contributed by atoms with Crippen LogP contribution in [0.2, 0.25) is 0 Å². The van der Waals surface area contributed by atoms with Crippen LogP contribution in [0.25, 0.3) is 5.69 Å². The van der Waals surface area contributed by atoms with E-state index in [-0.39, 0.29) is 17.9 Å². The van der Waals surface area contributed by atoms with Crippen molar-refractivity contribution in [3.8, 4) is 17.2 Å². The van der Waals surface area contributed by atoms with Crippen molar-refractivity contribution in [3.05, 3.63) is 65.6 Å². The molecular weight excluding hydrogens is 368 g/mol. The summed E-state index contributed by atoms with van der Waals surface area (Å²) in [6, 6.07) is 8.41. The number of benzene rings is 2. The maximum Gasteiger partial charge on any atom is 0.226 e. The number of methoxy groups -OCH3 is 2. The van der Waals surface area contributed by atoms with E-state index in [9.17, 15) is 13.6 Å². The summed E-state index contributed by atoms with van der Waals surface area (Å²) in [5.74, 6) is -0.653. The first kappa shape index (κ1) is 18.0. The van der Waals surface area contributed by atoms with Gasteiger partial charge >= 0.3 is 0 Å². The number of hydrogen-bond donors (Lipinski definition) is 1. The molecule has 3 aromatic rings. The van der Waals surface area contributed by atoms with E-state index < -0.39 is 17.6 Å². The number of fused-ring (bicyclic) bond motifs is 1. The van der Waals surface area contributed by atoms with Gasteiger partial charge < -0.3 is 14.8 Å². The molecule has 1 atom stereocenters. The maximum absolute atomic E-state index is 14.4. The summed E-state index contributed by atoms with van der Waals surface area (Å²) < 4.78 is 40.4. The van der Waals surface area contributed by atoms with E-state index in [1.807, 2.05) is 0 Å². The molecule has 0 saturated heterocycles. The van der Waals surface area contributed by atoms with Crippen LogP contribution in [-0.2, 0) is 4.79 Å². The Morgan fingerprint density at radius 3 is 2.71 bits per heavy atom. The number of aromatic nitrogens is 2. The van der Waals surface area contributed by atoms with E-state index in [0.29, 0.717) is 28.7 Å². The SMILES string of the molecule is COc1ccc(OC)c(-n2cnc3c2NC(=O)C[C@@H]3c2cc(F)ccc2F)c1. The third kappa shape index (κ3) is 2.96. The number of carbonyl (C=O) groups is 1. The zero-order valence-electron chi connectivity index (χ0n) is 15.2. The largest absolute Gasteiger partial charge is 0.497 e. The summed E-state index contributed by atoms with van der Waals surface area (Å²) in [4.78, 5) is 16.7. The Morgan fingerprint density at radius 1 is 1.14 bits per heavy atom. The Morgan fingerprint density at radius 2 is 1.96 bits per heavy atom. The van der Waals surface area contributed by atoms with Crippen LogP contribution in [0.1, 0.15) is 23.6 Å². The molecule has 144 valence electrons. The number of carbonyl (C=O) groups excluding carboxylic acids is 1. The quantitative estimate of drug-likeness (QED) is 0.745. The second-order valence-corrected chi connectivity index (χ2v) is 6.36. The molecule has 0 aliphatic carbocycles. The highest BCUT2D eigenvalue weighted by atomic mass is 19.1. The summed E-state index contributed by atoms with van der Waals surface area (Å²) in [6.45, 7) is 0. The van der Waals surface area contributed by atoms with Gasteiger partial charge in [0.05, 0.1) is 25.6 Å². The van der Waals surface area contributed by atoms with Gasteiger partial charge in [-0.15, -0.1) is 0 Å². The summed E-state index contributed by atoms with van der Waals surface area (Å²) >= 11 is 0. The molecule has 8 heteroatoms. The molecule has 28 heavy (non-hydrogen) atoms. The van der Waals surface area contributed by atoms with Gasteiger partial charge in [0.2, 0.25) is 5.91 Å². The Bertz CT molecular complexity index is 1060. The van der Waals surface area contributed by atoms with E-state index in [2.05, 4.69) is 10.3 Å². The topological polar surface area (TPSA) is 65.4 Å². The van der Waals surface area contributed by atoms with E-state index in [4.69, 9.17) is 9.47 Å². The predicted octanol–water partition coefficient (Wildman–Crippen LogP) is 3.64. The van der Waals surface area contributed by atoms with E-state index in [1.165, 1.54) is 13.4 Å². The predicted molar refractivity (Wildman–Crippen MR) is 98.1 cm³/mol. The van der Waals surface area contributed by atoms with Gasteiger partial charge in [-0.25, -0.2) is 13.8 Å². The van der Waals surface area contributed by atoms with Crippen LogP contribution in [-0.4, -0.2) is 29.7 Å². The lowest BCUT2D eigenvalue weighted by atomic mass is 9.89. The van der Waals surface area contributed by atoms with Crippen molar-refractivity contribution in [1.82, 2.24) is 9.55 Å². The fourth-order valence-electron chi connectivity index (χ4n) is 3.41. The monoisotopic (exact) mass is 385 g/mol. The average Bonchev–Trinajstić information content (AvgIpc) is 3.12. The Labute approximate surface area is 159 Å². The zero-order valence-corrected chi connectivity index (χ0v) is 15.2. The second kappa shape index (κ2) is 6.95. The van der Waals surface area contributed by atoms with Gasteiger partial charge in [-0.1, -0.05) is 0 Å². The molecule has 0 spiro atoms. The van der Waals surface area contributed by atoms with Gasteiger partial charge in [0, 0.05) is 24.0 Å². The first-order valence-corrected chi connectivity index (χ1v) is 8.56. The molecule has 1 aliphatic rings. The molecule has 0 fully saturated rings. The fourth-order valence-corrected chi connectivity index (χ4v) is 3.41. The number of hydrogen-bond acceptors (Lipinski definition) is 4. The molecule has 0 radical (unpaired) electrons. The standard InChI is InChI=1S/C20H17F2N3O3/c1-27-12-4-6-17(28-2)16(8-12)25-10-23-19-14(9-18(26)24-20(19)25)13-7-11(21)3-5-15(13)22/h3-8,10,14H,9H2,1-2H3,(H,24,26)/t14-/m1/s1. The number of halogens is 2. The van der Waals surface area contributed by atoms with Crippen LogP contribution >= 0.6 is 0 Å².